The van der Waals surface area contributed by atoms with Gasteiger partial charge in [0.15, 0.2) is 0 Å². The molecule has 0 bridgehead atoms. The Balaban J connectivity index is 2.53. The zero-order valence-corrected chi connectivity index (χ0v) is 8.95. The van der Waals surface area contributed by atoms with Crippen LogP contribution in [0.3, 0.4) is 0 Å². The predicted molar refractivity (Wildman–Crippen MR) is 53.7 cm³/mol. The van der Waals surface area contributed by atoms with Crippen LogP contribution in [0.4, 0.5) is 0 Å². The second kappa shape index (κ2) is 4.98. The molecule has 4 heteroatoms. The van der Waals surface area contributed by atoms with E-state index in [0.717, 1.165) is 12.8 Å². The van der Waals surface area contributed by atoms with Crippen LogP contribution in [0.15, 0.2) is 0 Å². The van der Waals surface area contributed by atoms with Crippen molar-refractivity contribution < 1.29 is 9.59 Å². The fourth-order valence-electron chi connectivity index (χ4n) is 1.65. The van der Waals surface area contributed by atoms with Crippen LogP contribution in [0.5, 0.6) is 0 Å². The molecule has 1 rings (SSSR count). The van der Waals surface area contributed by atoms with E-state index in [1.165, 1.54) is 0 Å². The minimum absolute atomic E-state index is 0.0832. The van der Waals surface area contributed by atoms with Crippen molar-refractivity contribution in [3.05, 3.63) is 0 Å². The molecule has 0 radical (unpaired) electrons. The molecule has 1 saturated heterocycles. The quantitative estimate of drug-likeness (QED) is 0.659. The van der Waals surface area contributed by atoms with Crippen molar-refractivity contribution in [2.24, 2.45) is 0 Å². The van der Waals surface area contributed by atoms with Gasteiger partial charge in [0.2, 0.25) is 11.8 Å². The predicted octanol–water partition coefficient (Wildman–Crippen LogP) is 0.477. The molecule has 0 saturated carbocycles. The Labute approximate surface area is 84.9 Å². The van der Waals surface area contributed by atoms with E-state index in [1.54, 1.807) is 9.80 Å². The number of piperazine rings is 1. The summed E-state index contributed by atoms with van der Waals surface area (Å²) in [7, 11) is 0. The van der Waals surface area contributed by atoms with Crippen LogP contribution < -0.4 is 0 Å². The van der Waals surface area contributed by atoms with Crippen molar-refractivity contribution in [3.63, 3.8) is 0 Å². The minimum Gasteiger partial charge on any atom is -0.332 e. The van der Waals surface area contributed by atoms with Gasteiger partial charge < -0.3 is 9.80 Å². The number of nitrogens with zero attached hydrogens (tertiary/aromatic N) is 2. The van der Waals surface area contributed by atoms with Crippen LogP contribution in [0.25, 0.3) is 0 Å². The normalized spacial score (nSPS) is 17.9. The van der Waals surface area contributed by atoms with E-state index in [-0.39, 0.29) is 24.9 Å². The number of carbonyl (C=O) groups excluding carboxylic acids is 2. The lowest BCUT2D eigenvalue weighted by molar-refractivity contribution is -0.150. The Morgan fingerprint density at radius 1 is 0.929 bits per heavy atom. The minimum atomic E-state index is 0.0832. The summed E-state index contributed by atoms with van der Waals surface area (Å²) < 4.78 is 0. The van der Waals surface area contributed by atoms with Crippen LogP contribution in [0.1, 0.15) is 26.7 Å². The molecule has 0 N–H and O–H groups in total. The molecule has 1 heterocycles. The SMILES string of the molecule is CCCN1CC(=O)N(CCC)CC1=O. The summed E-state index contributed by atoms with van der Waals surface area (Å²) in [5, 5.41) is 0. The molecule has 0 aliphatic carbocycles. The van der Waals surface area contributed by atoms with Crippen LogP contribution in [0.2, 0.25) is 0 Å². The van der Waals surface area contributed by atoms with E-state index in [2.05, 4.69) is 0 Å². The molecule has 0 spiro atoms. The third-order valence-corrected chi connectivity index (χ3v) is 2.34. The van der Waals surface area contributed by atoms with Gasteiger partial charge in [-0.15, -0.1) is 0 Å². The topological polar surface area (TPSA) is 40.6 Å². The first-order chi connectivity index (χ1) is 6.69. The first-order valence-electron chi connectivity index (χ1n) is 5.24. The van der Waals surface area contributed by atoms with Gasteiger partial charge in [-0.1, -0.05) is 13.8 Å². The summed E-state index contributed by atoms with van der Waals surface area (Å²) in [6, 6.07) is 0. The van der Waals surface area contributed by atoms with Crippen molar-refractivity contribution in [2.45, 2.75) is 26.7 Å². The number of rotatable bonds is 4. The standard InChI is InChI=1S/C10H18N2O2/c1-3-5-11-7-10(14)12(6-4-2)8-9(11)13/h3-8H2,1-2H3. The third-order valence-electron chi connectivity index (χ3n) is 2.34. The smallest absolute Gasteiger partial charge is 0.242 e. The van der Waals surface area contributed by atoms with Gasteiger partial charge in [0.1, 0.15) is 0 Å². The van der Waals surface area contributed by atoms with Crippen molar-refractivity contribution >= 4 is 11.8 Å². The Hall–Kier alpha value is -1.06. The van der Waals surface area contributed by atoms with Crippen LogP contribution >= 0.6 is 0 Å². The van der Waals surface area contributed by atoms with Gasteiger partial charge in [-0.25, -0.2) is 0 Å². The lowest BCUT2D eigenvalue weighted by Gasteiger charge is -2.33. The Bertz CT molecular complexity index is 204. The summed E-state index contributed by atoms with van der Waals surface area (Å²) in [6.45, 7) is 5.96. The molecule has 0 aromatic carbocycles. The van der Waals surface area contributed by atoms with Gasteiger partial charge in [-0.2, -0.15) is 0 Å². The molecule has 0 aromatic heterocycles. The highest BCUT2D eigenvalue weighted by Gasteiger charge is 2.28. The molecular formula is C10H18N2O2. The zero-order chi connectivity index (χ0) is 10.6. The molecule has 0 unspecified atom stereocenters. The number of amides is 2. The van der Waals surface area contributed by atoms with Crippen molar-refractivity contribution in [3.8, 4) is 0 Å². The molecule has 0 aromatic rings. The van der Waals surface area contributed by atoms with Gasteiger partial charge in [-0.05, 0) is 12.8 Å². The summed E-state index contributed by atoms with van der Waals surface area (Å²) in [4.78, 5) is 26.4. The second-order valence-corrected chi connectivity index (χ2v) is 3.63. The Kier molecular flexibility index (Phi) is 3.92. The zero-order valence-electron chi connectivity index (χ0n) is 8.95. The highest BCUT2D eigenvalue weighted by molar-refractivity contribution is 5.92. The van der Waals surface area contributed by atoms with Crippen LogP contribution in [-0.4, -0.2) is 47.8 Å². The molecule has 4 nitrogen and oxygen atoms in total. The van der Waals surface area contributed by atoms with Gasteiger partial charge in [0.05, 0.1) is 13.1 Å². The van der Waals surface area contributed by atoms with E-state index in [4.69, 9.17) is 0 Å². The van der Waals surface area contributed by atoms with Crippen LogP contribution in [0, 0.1) is 0 Å². The summed E-state index contributed by atoms with van der Waals surface area (Å²) >= 11 is 0. The van der Waals surface area contributed by atoms with E-state index >= 15 is 0 Å². The Morgan fingerprint density at radius 2 is 1.29 bits per heavy atom. The van der Waals surface area contributed by atoms with Gasteiger partial charge in [0.25, 0.3) is 0 Å². The van der Waals surface area contributed by atoms with Crippen molar-refractivity contribution in [2.75, 3.05) is 26.2 Å². The molecular weight excluding hydrogens is 180 g/mol. The summed E-state index contributed by atoms with van der Waals surface area (Å²) in [5.41, 5.74) is 0. The monoisotopic (exact) mass is 198 g/mol. The highest BCUT2D eigenvalue weighted by atomic mass is 16.2. The second-order valence-electron chi connectivity index (χ2n) is 3.63. The number of hydrogen-bond donors (Lipinski definition) is 0. The van der Waals surface area contributed by atoms with Crippen LogP contribution in [-0.2, 0) is 9.59 Å². The maximum absolute atomic E-state index is 11.5. The van der Waals surface area contributed by atoms with E-state index in [0.29, 0.717) is 13.1 Å². The van der Waals surface area contributed by atoms with Gasteiger partial charge in [-0.3, -0.25) is 9.59 Å². The van der Waals surface area contributed by atoms with Gasteiger partial charge in [0, 0.05) is 13.1 Å². The number of hydrogen-bond acceptors (Lipinski definition) is 2. The van der Waals surface area contributed by atoms with E-state index in [9.17, 15) is 9.59 Å². The summed E-state index contributed by atoms with van der Waals surface area (Å²) in [6.07, 6.45) is 1.82. The lowest BCUT2D eigenvalue weighted by Crippen LogP contribution is -2.53. The maximum Gasteiger partial charge on any atom is 0.242 e. The molecule has 1 fully saturated rings. The first kappa shape index (κ1) is 11.0. The summed E-state index contributed by atoms with van der Waals surface area (Å²) in [5.74, 6) is 0.166. The lowest BCUT2D eigenvalue weighted by atomic mass is 10.2. The van der Waals surface area contributed by atoms with E-state index in [1.807, 2.05) is 13.8 Å². The maximum atomic E-state index is 11.5. The fourth-order valence-corrected chi connectivity index (χ4v) is 1.65. The highest BCUT2D eigenvalue weighted by Crippen LogP contribution is 2.05. The van der Waals surface area contributed by atoms with Crippen molar-refractivity contribution in [1.82, 2.24) is 9.80 Å². The molecule has 1 aliphatic rings. The molecule has 0 atom stereocenters. The third kappa shape index (κ3) is 2.47. The largest absolute Gasteiger partial charge is 0.332 e. The first-order valence-corrected chi connectivity index (χ1v) is 5.24. The van der Waals surface area contributed by atoms with E-state index < -0.39 is 0 Å². The van der Waals surface area contributed by atoms with Crippen molar-refractivity contribution in [1.29, 1.82) is 0 Å². The van der Waals surface area contributed by atoms with Gasteiger partial charge >= 0.3 is 0 Å². The Morgan fingerprint density at radius 3 is 1.57 bits per heavy atom. The molecule has 2 amide bonds. The molecule has 1 aliphatic heterocycles. The average Bonchev–Trinajstić information content (AvgIpc) is 2.14. The molecule has 80 valence electrons. The number of carbonyl (C=O) groups is 2. The average molecular weight is 198 g/mol. The fraction of sp³-hybridized carbons (Fsp3) is 0.800. The molecule has 14 heavy (non-hydrogen) atoms.